The number of fused-ring (bicyclic) bond motifs is 1. The molecule has 1 aromatic heterocycles. The summed E-state index contributed by atoms with van der Waals surface area (Å²) in [6, 6.07) is 10.8. The molecule has 0 aliphatic heterocycles. The summed E-state index contributed by atoms with van der Waals surface area (Å²) in [6.45, 7) is 0.244. The van der Waals surface area contributed by atoms with Crippen molar-refractivity contribution in [1.29, 1.82) is 0 Å². The molecule has 3 rings (SSSR count). The number of benzene rings is 2. The smallest absolute Gasteiger partial charge is 0.408 e. The summed E-state index contributed by atoms with van der Waals surface area (Å²) in [5, 5.41) is 0. The average molecular weight is 378 g/mol. The van der Waals surface area contributed by atoms with Crippen LogP contribution in [-0.2, 0) is 23.5 Å². The fourth-order valence-corrected chi connectivity index (χ4v) is 3.80. The zero-order valence-corrected chi connectivity index (χ0v) is 15.1. The fourth-order valence-electron chi connectivity index (χ4n) is 2.71. The maximum absolute atomic E-state index is 13.5. The third kappa shape index (κ3) is 3.86. The van der Waals surface area contributed by atoms with Gasteiger partial charge in [-0.3, -0.25) is 4.57 Å². The molecule has 2 aromatic carbocycles. The van der Waals surface area contributed by atoms with Crippen LogP contribution in [0, 0.1) is 5.82 Å². The molecule has 0 aliphatic rings. The van der Waals surface area contributed by atoms with E-state index in [0.29, 0.717) is 30.3 Å². The topological polar surface area (TPSA) is 81.3 Å². The van der Waals surface area contributed by atoms with E-state index < -0.39 is 15.8 Å². The molecule has 0 aliphatic carbocycles. The highest BCUT2D eigenvalue weighted by atomic mass is 32.2. The summed E-state index contributed by atoms with van der Waals surface area (Å²) < 4.78 is 47.1. The lowest BCUT2D eigenvalue weighted by Gasteiger charge is -2.07. The summed E-state index contributed by atoms with van der Waals surface area (Å²) in [5.41, 5.74) is 1.37. The van der Waals surface area contributed by atoms with E-state index in [4.69, 9.17) is 4.42 Å². The van der Waals surface area contributed by atoms with Gasteiger partial charge in [0.2, 0.25) is 10.0 Å². The van der Waals surface area contributed by atoms with Crippen LogP contribution in [0.4, 0.5) is 4.39 Å². The SMILES string of the molecule is Cn1c(=O)oc2cc(S(=O)(=O)NCCCCc3ccccc3F)ccc21. The van der Waals surface area contributed by atoms with Gasteiger partial charge in [0.25, 0.3) is 0 Å². The van der Waals surface area contributed by atoms with Crippen LogP contribution in [0.15, 0.2) is 56.6 Å². The Balaban J connectivity index is 1.59. The van der Waals surface area contributed by atoms with E-state index in [9.17, 15) is 17.6 Å². The average Bonchev–Trinajstić information content (AvgIpc) is 2.90. The molecule has 0 fully saturated rings. The first-order valence-electron chi connectivity index (χ1n) is 8.21. The monoisotopic (exact) mass is 378 g/mol. The Bertz CT molecular complexity index is 1090. The van der Waals surface area contributed by atoms with Gasteiger partial charge in [-0.05, 0) is 43.0 Å². The van der Waals surface area contributed by atoms with Gasteiger partial charge in [-0.15, -0.1) is 0 Å². The number of unbranched alkanes of at least 4 members (excludes halogenated alkanes) is 1. The molecule has 3 aromatic rings. The number of halogens is 1. The standard InChI is InChI=1S/C18H19FN2O4S/c1-21-16-10-9-14(12-17(16)25-18(21)22)26(23,24)20-11-5-4-7-13-6-2-3-8-15(13)19/h2-3,6,8-10,12,20H,4-5,7,11H2,1H3. The molecule has 6 nitrogen and oxygen atoms in total. The zero-order chi connectivity index (χ0) is 18.7. The molecular formula is C18H19FN2O4S. The Kier molecular flexibility index (Phi) is 5.24. The van der Waals surface area contributed by atoms with Crippen LogP contribution in [0.3, 0.4) is 0 Å². The maximum Gasteiger partial charge on any atom is 0.419 e. The van der Waals surface area contributed by atoms with Crippen LogP contribution in [0.5, 0.6) is 0 Å². The second-order valence-electron chi connectivity index (χ2n) is 6.00. The van der Waals surface area contributed by atoms with Crippen molar-refractivity contribution >= 4 is 21.1 Å². The Labute approximate surface area is 150 Å². The molecule has 0 saturated carbocycles. The van der Waals surface area contributed by atoms with Crippen molar-refractivity contribution in [1.82, 2.24) is 9.29 Å². The molecule has 0 unspecified atom stereocenters. The predicted octanol–water partition coefficient (Wildman–Crippen LogP) is 2.57. The van der Waals surface area contributed by atoms with Crippen molar-refractivity contribution in [3.05, 3.63) is 64.4 Å². The number of aryl methyl sites for hydroxylation is 2. The number of oxazole rings is 1. The Morgan fingerprint density at radius 2 is 1.92 bits per heavy atom. The van der Waals surface area contributed by atoms with Crippen LogP contribution in [0.1, 0.15) is 18.4 Å². The number of hydrogen-bond donors (Lipinski definition) is 1. The van der Waals surface area contributed by atoms with E-state index in [-0.39, 0.29) is 22.8 Å². The van der Waals surface area contributed by atoms with E-state index >= 15 is 0 Å². The minimum absolute atomic E-state index is 0.0356. The molecule has 0 bridgehead atoms. The minimum Gasteiger partial charge on any atom is -0.408 e. The number of hydrogen-bond acceptors (Lipinski definition) is 4. The number of nitrogens with zero attached hydrogens (tertiary/aromatic N) is 1. The molecule has 0 radical (unpaired) electrons. The van der Waals surface area contributed by atoms with Gasteiger partial charge in [0.15, 0.2) is 5.58 Å². The van der Waals surface area contributed by atoms with Gasteiger partial charge in [0, 0.05) is 19.7 Å². The van der Waals surface area contributed by atoms with Gasteiger partial charge in [0.1, 0.15) is 5.82 Å². The number of aromatic nitrogens is 1. The molecule has 0 atom stereocenters. The van der Waals surface area contributed by atoms with Crippen molar-refractivity contribution < 1.29 is 17.2 Å². The van der Waals surface area contributed by atoms with Crippen LogP contribution in [-0.4, -0.2) is 19.5 Å². The molecule has 1 N–H and O–H groups in total. The largest absolute Gasteiger partial charge is 0.419 e. The van der Waals surface area contributed by atoms with E-state index in [1.165, 1.54) is 28.8 Å². The fraction of sp³-hybridized carbons (Fsp3) is 0.278. The normalized spacial score (nSPS) is 11.9. The van der Waals surface area contributed by atoms with E-state index in [1.54, 1.807) is 25.2 Å². The number of nitrogens with one attached hydrogen (secondary N) is 1. The summed E-state index contributed by atoms with van der Waals surface area (Å²) in [7, 11) is -2.15. The predicted molar refractivity (Wildman–Crippen MR) is 96.0 cm³/mol. The second kappa shape index (κ2) is 7.43. The third-order valence-corrected chi connectivity index (χ3v) is 5.66. The Morgan fingerprint density at radius 3 is 2.69 bits per heavy atom. The van der Waals surface area contributed by atoms with E-state index in [2.05, 4.69) is 4.72 Å². The third-order valence-electron chi connectivity index (χ3n) is 4.20. The van der Waals surface area contributed by atoms with Crippen molar-refractivity contribution in [2.24, 2.45) is 7.05 Å². The first-order valence-corrected chi connectivity index (χ1v) is 9.69. The summed E-state index contributed by atoms with van der Waals surface area (Å²) in [5.74, 6) is -0.790. The number of sulfonamides is 1. The minimum atomic E-state index is -3.70. The Hall–Kier alpha value is -2.45. The zero-order valence-electron chi connectivity index (χ0n) is 14.2. The first-order chi connectivity index (χ1) is 12.4. The molecule has 0 saturated heterocycles. The van der Waals surface area contributed by atoms with Gasteiger partial charge in [-0.25, -0.2) is 22.3 Å². The lowest BCUT2D eigenvalue weighted by Crippen LogP contribution is -2.24. The number of rotatable bonds is 7. The lowest BCUT2D eigenvalue weighted by molar-refractivity contribution is 0.527. The molecule has 0 amide bonds. The summed E-state index contributed by atoms with van der Waals surface area (Å²) >= 11 is 0. The van der Waals surface area contributed by atoms with Crippen molar-refractivity contribution in [2.45, 2.75) is 24.2 Å². The van der Waals surface area contributed by atoms with Gasteiger partial charge < -0.3 is 4.42 Å². The van der Waals surface area contributed by atoms with Crippen LogP contribution in [0.2, 0.25) is 0 Å². The maximum atomic E-state index is 13.5. The molecule has 26 heavy (non-hydrogen) atoms. The van der Waals surface area contributed by atoms with Crippen LogP contribution >= 0.6 is 0 Å². The first kappa shape index (κ1) is 18.3. The van der Waals surface area contributed by atoms with Gasteiger partial charge in [-0.2, -0.15) is 0 Å². The second-order valence-corrected chi connectivity index (χ2v) is 7.77. The van der Waals surface area contributed by atoms with Gasteiger partial charge >= 0.3 is 5.76 Å². The van der Waals surface area contributed by atoms with Crippen LogP contribution < -0.4 is 10.5 Å². The van der Waals surface area contributed by atoms with E-state index in [0.717, 1.165) is 0 Å². The summed E-state index contributed by atoms with van der Waals surface area (Å²) in [4.78, 5) is 11.5. The highest BCUT2D eigenvalue weighted by molar-refractivity contribution is 7.89. The Morgan fingerprint density at radius 1 is 1.15 bits per heavy atom. The quantitative estimate of drug-likeness (QED) is 0.641. The van der Waals surface area contributed by atoms with Gasteiger partial charge in [-0.1, -0.05) is 18.2 Å². The molecule has 138 valence electrons. The van der Waals surface area contributed by atoms with Crippen LogP contribution in [0.25, 0.3) is 11.1 Å². The van der Waals surface area contributed by atoms with Gasteiger partial charge in [0.05, 0.1) is 10.4 Å². The molecule has 0 spiro atoms. The molecule has 1 heterocycles. The van der Waals surface area contributed by atoms with Crippen molar-refractivity contribution in [3.63, 3.8) is 0 Å². The molecule has 8 heteroatoms. The van der Waals surface area contributed by atoms with E-state index in [1.807, 2.05) is 0 Å². The highest BCUT2D eigenvalue weighted by Crippen LogP contribution is 2.18. The van der Waals surface area contributed by atoms with Crippen molar-refractivity contribution in [2.75, 3.05) is 6.54 Å². The highest BCUT2D eigenvalue weighted by Gasteiger charge is 2.16. The molecular weight excluding hydrogens is 359 g/mol. The lowest BCUT2D eigenvalue weighted by atomic mass is 10.1. The van der Waals surface area contributed by atoms with Crippen molar-refractivity contribution in [3.8, 4) is 0 Å². The summed E-state index contributed by atoms with van der Waals surface area (Å²) in [6.07, 6.45) is 1.79.